The first kappa shape index (κ1) is 14.8. The van der Waals surface area contributed by atoms with E-state index in [1.807, 2.05) is 0 Å². The van der Waals surface area contributed by atoms with Crippen LogP contribution in [0.1, 0.15) is 37.0 Å². The van der Waals surface area contributed by atoms with Crippen molar-refractivity contribution in [3.8, 4) is 0 Å². The molecule has 1 aliphatic rings. The van der Waals surface area contributed by atoms with Crippen LogP contribution in [0.4, 0.5) is 10.1 Å². The molecule has 1 saturated carbocycles. The molecule has 1 amide bonds. The van der Waals surface area contributed by atoms with E-state index in [1.165, 1.54) is 6.07 Å². The Labute approximate surface area is 118 Å². The highest BCUT2D eigenvalue weighted by Gasteiger charge is 2.24. The fourth-order valence-electron chi connectivity index (χ4n) is 2.15. The first-order chi connectivity index (χ1) is 9.38. The van der Waals surface area contributed by atoms with Crippen LogP contribution in [-0.4, -0.2) is 30.6 Å². The van der Waals surface area contributed by atoms with Gasteiger partial charge in [0.15, 0.2) is 0 Å². The van der Waals surface area contributed by atoms with Crippen molar-refractivity contribution in [1.29, 1.82) is 0 Å². The number of benzene rings is 1. The van der Waals surface area contributed by atoms with Crippen molar-refractivity contribution in [3.63, 3.8) is 0 Å². The molecular weight excluding hydrogens is 259 g/mol. The van der Waals surface area contributed by atoms with Gasteiger partial charge in [-0.3, -0.25) is 4.79 Å². The molecule has 0 saturated heterocycles. The second-order valence-corrected chi connectivity index (χ2v) is 5.53. The number of aryl methyl sites for hydroxylation is 1. The Balaban J connectivity index is 2.16. The van der Waals surface area contributed by atoms with E-state index >= 15 is 0 Å². The van der Waals surface area contributed by atoms with Crippen LogP contribution >= 0.6 is 0 Å². The van der Waals surface area contributed by atoms with Crippen LogP contribution < -0.4 is 10.2 Å². The summed E-state index contributed by atoms with van der Waals surface area (Å²) >= 11 is 0. The Morgan fingerprint density at radius 3 is 2.75 bits per heavy atom. The van der Waals surface area contributed by atoms with Crippen LogP contribution in [0.2, 0.25) is 0 Å². The molecule has 1 fully saturated rings. The summed E-state index contributed by atoms with van der Waals surface area (Å²) in [6.45, 7) is 3.45. The van der Waals surface area contributed by atoms with Crippen molar-refractivity contribution in [2.24, 2.45) is 0 Å². The van der Waals surface area contributed by atoms with Gasteiger partial charge in [-0.15, -0.1) is 0 Å². The molecule has 1 aromatic carbocycles. The number of anilines is 1. The van der Waals surface area contributed by atoms with Gasteiger partial charge < -0.3 is 15.3 Å². The molecule has 1 aromatic rings. The van der Waals surface area contributed by atoms with Gasteiger partial charge in [-0.2, -0.15) is 0 Å². The molecule has 1 atom stereocenters. The van der Waals surface area contributed by atoms with Gasteiger partial charge in [0.2, 0.25) is 5.91 Å². The number of nitrogens with zero attached hydrogens (tertiary/aromatic N) is 1. The Hall–Kier alpha value is -1.62. The van der Waals surface area contributed by atoms with Gasteiger partial charge in [-0.1, -0.05) is 0 Å². The molecule has 0 unspecified atom stereocenters. The number of aliphatic hydroxyl groups is 1. The smallest absolute Gasteiger partial charge is 0.239 e. The summed E-state index contributed by atoms with van der Waals surface area (Å²) in [6.07, 6.45) is 1.31. The number of hydrogen-bond acceptors (Lipinski definition) is 3. The minimum atomic E-state index is -0.783. The van der Waals surface area contributed by atoms with Crippen LogP contribution in [0.5, 0.6) is 0 Å². The lowest BCUT2D eigenvalue weighted by atomic mass is 10.0. The molecular formula is C15H21FN2O2. The van der Waals surface area contributed by atoms with Crippen molar-refractivity contribution >= 4 is 11.6 Å². The number of aliphatic hydroxyl groups excluding tert-OH is 1. The fraction of sp³-hybridized carbons (Fsp3) is 0.533. The Bertz CT molecular complexity index is 513. The zero-order valence-electron chi connectivity index (χ0n) is 12.1. The Morgan fingerprint density at radius 1 is 1.55 bits per heavy atom. The molecule has 0 bridgehead atoms. The van der Waals surface area contributed by atoms with Gasteiger partial charge in [0.05, 0.1) is 12.6 Å². The minimum Gasteiger partial charge on any atom is -0.389 e. The Morgan fingerprint density at radius 2 is 2.20 bits per heavy atom. The number of carbonyl (C=O) groups is 1. The summed E-state index contributed by atoms with van der Waals surface area (Å²) in [6, 6.07) is 3.33. The number of rotatable bonds is 5. The van der Waals surface area contributed by atoms with Crippen molar-refractivity contribution in [2.75, 3.05) is 18.5 Å². The third-order valence-corrected chi connectivity index (χ3v) is 3.49. The van der Waals surface area contributed by atoms with Crippen molar-refractivity contribution in [3.05, 3.63) is 29.1 Å². The first-order valence-electron chi connectivity index (χ1n) is 6.87. The molecule has 0 spiro atoms. The largest absolute Gasteiger partial charge is 0.389 e. The molecule has 0 radical (unpaired) electrons. The van der Waals surface area contributed by atoms with Gasteiger partial charge >= 0.3 is 0 Å². The van der Waals surface area contributed by atoms with Crippen LogP contribution in [-0.2, 0) is 4.79 Å². The summed E-state index contributed by atoms with van der Waals surface area (Å²) < 4.78 is 13.6. The summed E-state index contributed by atoms with van der Waals surface area (Å²) in [5, 5.41) is 12.7. The monoisotopic (exact) mass is 280 g/mol. The number of hydrogen-bond donors (Lipinski definition) is 2. The predicted octanol–water partition coefficient (Wildman–Crippen LogP) is 1.90. The van der Waals surface area contributed by atoms with Crippen LogP contribution in [0.3, 0.4) is 0 Å². The number of halogens is 1. The summed E-state index contributed by atoms with van der Waals surface area (Å²) in [5.41, 5.74) is 1.68. The summed E-state index contributed by atoms with van der Waals surface area (Å²) in [4.78, 5) is 13.6. The maximum atomic E-state index is 13.6. The number of nitrogens with one attached hydrogen (secondary N) is 1. The topological polar surface area (TPSA) is 52.6 Å². The highest BCUT2D eigenvalue weighted by molar-refractivity contribution is 5.82. The SMILES string of the molecule is Cc1cc(N(C)CC(=O)NC2CC2)c([C@@H](C)O)cc1F. The van der Waals surface area contributed by atoms with E-state index in [2.05, 4.69) is 5.32 Å². The minimum absolute atomic E-state index is 0.0477. The van der Waals surface area contributed by atoms with E-state index in [4.69, 9.17) is 0 Å². The molecule has 0 aliphatic heterocycles. The maximum absolute atomic E-state index is 13.6. The second kappa shape index (κ2) is 5.79. The van der Waals surface area contributed by atoms with E-state index in [9.17, 15) is 14.3 Å². The van der Waals surface area contributed by atoms with Gasteiger partial charge in [-0.25, -0.2) is 4.39 Å². The number of likely N-dealkylation sites (N-methyl/N-ethyl adjacent to an activating group) is 1. The normalized spacial score (nSPS) is 15.8. The fourth-order valence-corrected chi connectivity index (χ4v) is 2.15. The second-order valence-electron chi connectivity index (χ2n) is 5.53. The standard InChI is InChI=1S/C15H21FN2O2/c1-9-6-14(12(10(2)19)7-13(9)16)18(3)8-15(20)17-11-4-5-11/h6-7,10-11,19H,4-5,8H2,1-3H3,(H,17,20)/t10-/m1/s1. The lowest BCUT2D eigenvalue weighted by Gasteiger charge is -2.24. The lowest BCUT2D eigenvalue weighted by molar-refractivity contribution is -0.119. The molecule has 0 aromatic heterocycles. The summed E-state index contributed by atoms with van der Waals surface area (Å²) in [7, 11) is 1.77. The molecule has 4 nitrogen and oxygen atoms in total. The molecule has 20 heavy (non-hydrogen) atoms. The van der Waals surface area contributed by atoms with E-state index in [1.54, 1.807) is 31.9 Å². The van der Waals surface area contributed by atoms with E-state index in [0.717, 1.165) is 12.8 Å². The third kappa shape index (κ3) is 3.48. The molecule has 0 heterocycles. The highest BCUT2D eigenvalue weighted by Crippen LogP contribution is 2.28. The molecule has 110 valence electrons. The predicted molar refractivity (Wildman–Crippen MR) is 76.2 cm³/mol. The molecule has 1 aliphatic carbocycles. The molecule has 2 N–H and O–H groups in total. The third-order valence-electron chi connectivity index (χ3n) is 3.49. The average Bonchev–Trinajstić information content (AvgIpc) is 3.15. The van der Waals surface area contributed by atoms with Crippen LogP contribution in [0.25, 0.3) is 0 Å². The quantitative estimate of drug-likeness (QED) is 0.866. The van der Waals surface area contributed by atoms with E-state index in [0.29, 0.717) is 22.9 Å². The van der Waals surface area contributed by atoms with E-state index < -0.39 is 6.10 Å². The lowest BCUT2D eigenvalue weighted by Crippen LogP contribution is -2.36. The van der Waals surface area contributed by atoms with Crippen LogP contribution in [0.15, 0.2) is 12.1 Å². The van der Waals surface area contributed by atoms with Crippen molar-refractivity contribution < 1.29 is 14.3 Å². The maximum Gasteiger partial charge on any atom is 0.239 e. The van der Waals surface area contributed by atoms with Gasteiger partial charge in [0, 0.05) is 24.3 Å². The number of amides is 1. The zero-order chi connectivity index (χ0) is 14.9. The van der Waals surface area contributed by atoms with E-state index in [-0.39, 0.29) is 18.3 Å². The van der Waals surface area contributed by atoms with Crippen molar-refractivity contribution in [1.82, 2.24) is 5.32 Å². The van der Waals surface area contributed by atoms with Gasteiger partial charge in [0.1, 0.15) is 5.82 Å². The highest BCUT2D eigenvalue weighted by atomic mass is 19.1. The Kier molecular flexibility index (Phi) is 4.28. The summed E-state index contributed by atoms with van der Waals surface area (Å²) in [5.74, 6) is -0.394. The average molecular weight is 280 g/mol. The van der Waals surface area contributed by atoms with Crippen molar-refractivity contribution in [2.45, 2.75) is 38.8 Å². The molecule has 2 rings (SSSR count). The van der Waals surface area contributed by atoms with Gasteiger partial charge in [-0.05, 0) is 44.4 Å². The first-order valence-corrected chi connectivity index (χ1v) is 6.87. The van der Waals surface area contributed by atoms with Gasteiger partial charge in [0.25, 0.3) is 0 Å². The van der Waals surface area contributed by atoms with Crippen LogP contribution in [0, 0.1) is 12.7 Å². The number of carbonyl (C=O) groups excluding carboxylic acids is 1. The molecule has 5 heteroatoms. The zero-order valence-corrected chi connectivity index (χ0v) is 12.1.